The highest BCUT2D eigenvalue weighted by molar-refractivity contribution is 5.78. The van der Waals surface area contributed by atoms with E-state index in [1.807, 2.05) is 0 Å². The van der Waals surface area contributed by atoms with E-state index in [2.05, 4.69) is 15.3 Å². The van der Waals surface area contributed by atoms with Crippen LogP contribution in [0, 0.1) is 12.7 Å². The summed E-state index contributed by atoms with van der Waals surface area (Å²) in [4.78, 5) is 8.37. The number of hydrogen-bond donors (Lipinski definition) is 4. The van der Waals surface area contributed by atoms with Crippen molar-refractivity contribution in [3.8, 4) is 0 Å². The van der Waals surface area contributed by atoms with Crippen molar-refractivity contribution in [2.45, 2.75) is 63.4 Å². The fourth-order valence-corrected chi connectivity index (χ4v) is 5.01. The van der Waals surface area contributed by atoms with Gasteiger partial charge in [-0.15, -0.1) is 0 Å². The van der Waals surface area contributed by atoms with E-state index in [0.29, 0.717) is 23.4 Å². The Morgan fingerprint density at radius 3 is 2.76 bits per heavy atom. The molecule has 1 saturated heterocycles. The van der Waals surface area contributed by atoms with E-state index in [-0.39, 0.29) is 24.1 Å². The molecule has 4 heterocycles. The van der Waals surface area contributed by atoms with Gasteiger partial charge in [0.15, 0.2) is 6.23 Å². The SMILES string of the molecule is Cc1ncnc2c1ccn2[C@@H]1O[C@H]([C@H](O)c2cc(C(F)F)c(F)c3c2CNCC3)[C@@](C)(O)[C@H]1O. The summed E-state index contributed by atoms with van der Waals surface area (Å²) in [5.74, 6) is -0.978. The Hall–Kier alpha value is -2.57. The maximum absolute atomic E-state index is 14.7. The fourth-order valence-electron chi connectivity index (χ4n) is 5.01. The predicted octanol–water partition coefficient (Wildman–Crippen LogP) is 2.21. The average Bonchev–Trinajstić information content (AvgIpc) is 3.33. The Kier molecular flexibility index (Phi) is 5.64. The molecule has 8 nitrogen and oxygen atoms in total. The normalized spacial score (nSPS) is 28.0. The zero-order chi connectivity index (χ0) is 24.4. The second kappa shape index (κ2) is 8.28. The number of aryl methyl sites for hydroxylation is 1. The predicted molar refractivity (Wildman–Crippen MR) is 115 cm³/mol. The number of alkyl halides is 2. The molecule has 1 fully saturated rings. The molecule has 0 saturated carbocycles. The standard InChI is InChI=1S/C23H25F3N4O4/c1-10-11-4-6-30(21(11)29-9-28-10)22-18(32)23(2,33)19(34-22)17(31)13-7-14(20(25)26)16(24)12-3-5-27-8-15(12)13/h4,6-7,9,17-20,22,27,31-33H,3,5,8H2,1-2H3/t17-,18+,19-,22-,23+/m1/s1. The summed E-state index contributed by atoms with van der Waals surface area (Å²) in [7, 11) is 0. The van der Waals surface area contributed by atoms with Gasteiger partial charge in [0.05, 0.1) is 11.3 Å². The van der Waals surface area contributed by atoms with Crippen LogP contribution < -0.4 is 5.32 Å². The summed E-state index contributed by atoms with van der Waals surface area (Å²) in [5, 5.41) is 37.2. The highest BCUT2D eigenvalue weighted by Crippen LogP contribution is 2.45. The molecule has 5 rings (SSSR count). The van der Waals surface area contributed by atoms with E-state index >= 15 is 0 Å². The molecular weight excluding hydrogens is 453 g/mol. The molecule has 0 amide bonds. The van der Waals surface area contributed by atoms with E-state index in [1.54, 1.807) is 19.2 Å². The van der Waals surface area contributed by atoms with Gasteiger partial charge in [0, 0.05) is 18.1 Å². The van der Waals surface area contributed by atoms with Gasteiger partial charge in [0.1, 0.15) is 41.7 Å². The number of ether oxygens (including phenoxy) is 1. The minimum atomic E-state index is -3.08. The molecule has 0 unspecified atom stereocenters. The Morgan fingerprint density at radius 2 is 2.03 bits per heavy atom. The summed E-state index contributed by atoms with van der Waals surface area (Å²) in [6, 6.07) is 2.67. The molecule has 34 heavy (non-hydrogen) atoms. The van der Waals surface area contributed by atoms with Crippen molar-refractivity contribution in [1.29, 1.82) is 0 Å². The van der Waals surface area contributed by atoms with Gasteiger partial charge in [-0.05, 0) is 55.6 Å². The largest absolute Gasteiger partial charge is 0.386 e. The second-order valence-corrected chi connectivity index (χ2v) is 9.04. The maximum Gasteiger partial charge on any atom is 0.266 e. The molecule has 3 aromatic rings. The summed E-state index contributed by atoms with van der Waals surface area (Å²) >= 11 is 0. The number of aliphatic hydroxyl groups is 3. The topological polar surface area (TPSA) is 113 Å². The van der Waals surface area contributed by atoms with Crippen LogP contribution in [0.3, 0.4) is 0 Å². The molecule has 2 aromatic heterocycles. The van der Waals surface area contributed by atoms with Gasteiger partial charge in [0.25, 0.3) is 6.43 Å². The van der Waals surface area contributed by atoms with Crippen LogP contribution in [-0.4, -0.2) is 54.2 Å². The van der Waals surface area contributed by atoms with Crippen LogP contribution in [0.4, 0.5) is 13.2 Å². The minimum absolute atomic E-state index is 0.0348. The number of aromatic nitrogens is 3. The van der Waals surface area contributed by atoms with Gasteiger partial charge in [-0.25, -0.2) is 23.1 Å². The molecule has 0 bridgehead atoms. The van der Waals surface area contributed by atoms with Crippen molar-refractivity contribution in [1.82, 2.24) is 19.9 Å². The number of nitrogens with zero attached hydrogens (tertiary/aromatic N) is 3. The molecule has 0 spiro atoms. The Bertz CT molecular complexity index is 1250. The molecule has 1 aromatic carbocycles. The van der Waals surface area contributed by atoms with E-state index in [9.17, 15) is 28.5 Å². The van der Waals surface area contributed by atoms with Crippen molar-refractivity contribution < 1.29 is 33.2 Å². The van der Waals surface area contributed by atoms with Gasteiger partial charge in [-0.1, -0.05) is 0 Å². The molecule has 11 heteroatoms. The summed E-state index contributed by atoms with van der Waals surface area (Å²) in [6.45, 7) is 3.68. The Balaban J connectivity index is 1.56. The van der Waals surface area contributed by atoms with Crippen LogP contribution in [-0.2, 0) is 17.7 Å². The smallest absolute Gasteiger partial charge is 0.266 e. The number of aliphatic hydroxyl groups excluding tert-OH is 2. The number of hydrogen-bond acceptors (Lipinski definition) is 7. The first-order valence-corrected chi connectivity index (χ1v) is 11.0. The Labute approximate surface area is 193 Å². The molecule has 0 aliphatic carbocycles. The first-order chi connectivity index (χ1) is 16.1. The van der Waals surface area contributed by atoms with Crippen molar-refractivity contribution in [3.05, 3.63) is 58.4 Å². The van der Waals surface area contributed by atoms with Gasteiger partial charge in [-0.2, -0.15) is 0 Å². The highest BCUT2D eigenvalue weighted by Gasteiger charge is 2.56. The number of nitrogens with one attached hydrogen (secondary N) is 1. The molecule has 4 N–H and O–H groups in total. The zero-order valence-corrected chi connectivity index (χ0v) is 18.5. The lowest BCUT2D eigenvalue weighted by Crippen LogP contribution is -2.47. The first-order valence-electron chi connectivity index (χ1n) is 11.0. The molecular formula is C23H25F3N4O4. The van der Waals surface area contributed by atoms with Gasteiger partial charge in [-0.3, -0.25) is 0 Å². The van der Waals surface area contributed by atoms with Crippen LogP contribution in [0.25, 0.3) is 11.0 Å². The third-order valence-electron chi connectivity index (χ3n) is 6.95. The fraction of sp³-hybridized carbons (Fsp3) is 0.478. The number of fused-ring (bicyclic) bond motifs is 2. The molecule has 5 atom stereocenters. The Morgan fingerprint density at radius 1 is 1.26 bits per heavy atom. The van der Waals surface area contributed by atoms with Gasteiger partial charge >= 0.3 is 0 Å². The van der Waals surface area contributed by atoms with Crippen molar-refractivity contribution in [2.75, 3.05) is 6.54 Å². The zero-order valence-electron chi connectivity index (χ0n) is 18.5. The number of halogens is 3. The third kappa shape index (κ3) is 3.42. The monoisotopic (exact) mass is 478 g/mol. The van der Waals surface area contributed by atoms with Gasteiger partial charge < -0.3 is 29.9 Å². The summed E-state index contributed by atoms with van der Waals surface area (Å²) < 4.78 is 49.4. The quantitative estimate of drug-likeness (QED) is 0.455. The van der Waals surface area contributed by atoms with E-state index in [1.165, 1.54) is 17.8 Å². The van der Waals surface area contributed by atoms with Crippen molar-refractivity contribution in [2.24, 2.45) is 0 Å². The van der Waals surface area contributed by atoms with Crippen molar-refractivity contribution >= 4 is 11.0 Å². The molecule has 182 valence electrons. The molecule has 0 radical (unpaired) electrons. The summed E-state index contributed by atoms with van der Waals surface area (Å²) in [6.07, 6.45) is -5.51. The maximum atomic E-state index is 14.7. The van der Waals surface area contributed by atoms with Crippen LogP contribution in [0.5, 0.6) is 0 Å². The number of benzene rings is 1. The third-order valence-corrected chi connectivity index (χ3v) is 6.95. The lowest BCUT2D eigenvalue weighted by molar-refractivity contribution is -0.115. The van der Waals surface area contributed by atoms with Crippen LogP contribution in [0.1, 0.15) is 53.6 Å². The highest BCUT2D eigenvalue weighted by atomic mass is 19.3. The lowest BCUT2D eigenvalue weighted by atomic mass is 9.83. The first kappa shape index (κ1) is 23.2. The second-order valence-electron chi connectivity index (χ2n) is 9.04. The van der Waals surface area contributed by atoms with Crippen LogP contribution >= 0.6 is 0 Å². The van der Waals surface area contributed by atoms with Crippen LogP contribution in [0.15, 0.2) is 24.7 Å². The van der Waals surface area contributed by atoms with Crippen molar-refractivity contribution in [3.63, 3.8) is 0 Å². The molecule has 2 aliphatic heterocycles. The lowest BCUT2D eigenvalue weighted by Gasteiger charge is -2.32. The average molecular weight is 478 g/mol. The molecule has 2 aliphatic rings. The minimum Gasteiger partial charge on any atom is -0.386 e. The number of rotatable bonds is 4. The van der Waals surface area contributed by atoms with E-state index in [4.69, 9.17) is 4.74 Å². The van der Waals surface area contributed by atoms with E-state index < -0.39 is 47.9 Å². The van der Waals surface area contributed by atoms with Crippen LogP contribution in [0.2, 0.25) is 0 Å². The summed E-state index contributed by atoms with van der Waals surface area (Å²) in [5.41, 5.74) is -1.09. The van der Waals surface area contributed by atoms with Gasteiger partial charge in [0.2, 0.25) is 0 Å². The van der Waals surface area contributed by atoms with E-state index in [0.717, 1.165) is 11.5 Å².